The molecule has 0 aromatic heterocycles. The molecule has 4 aliphatic rings. The first-order valence-electron chi connectivity index (χ1n) is 9.75. The number of benzene rings is 1. The van der Waals surface area contributed by atoms with Crippen LogP contribution in [0.2, 0.25) is 5.02 Å². The number of ether oxygens (including phenoxy) is 3. The van der Waals surface area contributed by atoms with Crippen LogP contribution in [0.1, 0.15) is 61.4 Å². The van der Waals surface area contributed by atoms with Gasteiger partial charge in [0, 0.05) is 23.4 Å². The number of methoxy groups -OCH3 is 1. The molecule has 3 aliphatic carbocycles. The van der Waals surface area contributed by atoms with Crippen LogP contribution in [0, 0.1) is 15.9 Å². The number of rotatable bonds is 3. The lowest BCUT2D eigenvalue weighted by molar-refractivity contribution is -0.211. The van der Waals surface area contributed by atoms with Crippen molar-refractivity contribution in [3.8, 4) is 11.5 Å². The molecule has 0 spiro atoms. The molecule has 154 valence electrons. The maximum Gasteiger partial charge on any atom is 0.339 e. The average molecular weight is 520 g/mol. The Kier molecular flexibility index (Phi) is 4.87. The lowest BCUT2D eigenvalue weighted by Gasteiger charge is -2.59. The summed E-state index contributed by atoms with van der Waals surface area (Å²) in [6.45, 7) is 3.91. The van der Waals surface area contributed by atoms with Crippen molar-refractivity contribution in [1.29, 1.82) is 0 Å². The second-order valence-corrected chi connectivity index (χ2v) is 10.3. The predicted octanol–water partition coefficient (Wildman–Crippen LogP) is 5.18. The van der Waals surface area contributed by atoms with Gasteiger partial charge in [0.1, 0.15) is 5.02 Å². The summed E-state index contributed by atoms with van der Waals surface area (Å²) >= 11 is 8.70. The Morgan fingerprint density at radius 2 is 1.64 bits per heavy atom. The molecule has 1 aromatic rings. The second kappa shape index (κ2) is 6.64. The monoisotopic (exact) mass is 519 g/mol. The van der Waals surface area contributed by atoms with Crippen LogP contribution < -0.4 is 9.47 Å². The molecular formula is C21H27ClINO4. The van der Waals surface area contributed by atoms with Gasteiger partial charge in [0.15, 0.2) is 11.5 Å². The Balaban J connectivity index is 1.72. The van der Waals surface area contributed by atoms with Gasteiger partial charge in [-0.25, -0.2) is 4.79 Å². The maximum atomic E-state index is 12.3. The zero-order chi connectivity index (χ0) is 20.5. The minimum absolute atomic E-state index is 0.0452. The summed E-state index contributed by atoms with van der Waals surface area (Å²) in [5, 5.41) is 0.427. The zero-order valence-corrected chi connectivity index (χ0v) is 20.0. The van der Waals surface area contributed by atoms with Crippen molar-refractivity contribution in [1.82, 2.24) is 4.90 Å². The second-order valence-electron chi connectivity index (χ2n) is 8.83. The summed E-state index contributed by atoms with van der Waals surface area (Å²) in [6.07, 6.45) is 6.64. The van der Waals surface area contributed by atoms with Gasteiger partial charge in [0.05, 0.1) is 16.2 Å². The third-order valence-corrected chi connectivity index (χ3v) is 9.39. The summed E-state index contributed by atoms with van der Waals surface area (Å²) in [5.41, 5.74) is 1.45. The number of hydrogen-bond acceptors (Lipinski definition) is 5. The molecule has 3 saturated carbocycles. The van der Waals surface area contributed by atoms with E-state index in [0.717, 1.165) is 44.1 Å². The number of carbonyl (C=O) groups is 1. The van der Waals surface area contributed by atoms with Gasteiger partial charge in [-0.1, -0.05) is 11.6 Å². The molecule has 5 rings (SSSR count). The summed E-state index contributed by atoms with van der Waals surface area (Å²) in [5.74, 6) is -0.0469. The molecule has 1 aliphatic heterocycles. The van der Waals surface area contributed by atoms with E-state index in [1.165, 1.54) is 7.11 Å². The van der Waals surface area contributed by atoms with E-state index in [1.807, 2.05) is 13.8 Å². The van der Waals surface area contributed by atoms with E-state index in [1.54, 1.807) is 0 Å². The maximum absolute atomic E-state index is 12.3. The Bertz CT molecular complexity index is 831. The number of carbonyl (C=O) groups excluding carboxylic acids is 1. The number of esters is 1. The van der Waals surface area contributed by atoms with Crippen LogP contribution in [0.4, 0.5) is 0 Å². The molecule has 1 atom stereocenters. The van der Waals surface area contributed by atoms with Crippen LogP contribution in [0.25, 0.3) is 0 Å². The highest BCUT2D eigenvalue weighted by Gasteiger charge is 2.62. The molecule has 5 nitrogen and oxygen atoms in total. The fraction of sp³-hybridized carbons (Fsp3) is 0.667. The highest BCUT2D eigenvalue weighted by atomic mass is 127. The quantitative estimate of drug-likeness (QED) is 0.407. The fourth-order valence-electron chi connectivity index (χ4n) is 5.46. The molecule has 1 aromatic carbocycles. The Morgan fingerprint density at radius 1 is 1.11 bits per heavy atom. The van der Waals surface area contributed by atoms with Gasteiger partial charge in [-0.3, -0.25) is 0 Å². The lowest BCUT2D eigenvalue weighted by Crippen LogP contribution is -2.62. The van der Waals surface area contributed by atoms with Gasteiger partial charge in [0.25, 0.3) is 5.79 Å². The van der Waals surface area contributed by atoms with Crippen molar-refractivity contribution in [3.63, 3.8) is 0 Å². The Morgan fingerprint density at radius 3 is 2.14 bits per heavy atom. The van der Waals surface area contributed by atoms with E-state index in [4.69, 9.17) is 25.8 Å². The molecule has 28 heavy (non-hydrogen) atoms. The zero-order valence-electron chi connectivity index (χ0n) is 17.1. The minimum atomic E-state index is -0.777. The molecule has 2 bridgehead atoms. The van der Waals surface area contributed by atoms with E-state index in [-0.39, 0.29) is 5.41 Å². The average Bonchev–Trinajstić information content (AvgIpc) is 3.07. The topological polar surface area (TPSA) is 48.0 Å². The largest absolute Gasteiger partial charge is 0.465 e. The van der Waals surface area contributed by atoms with Crippen LogP contribution >= 0.6 is 34.2 Å². The number of hydrogen-bond donors (Lipinski definition) is 0. The third kappa shape index (κ3) is 2.63. The van der Waals surface area contributed by atoms with Gasteiger partial charge in [-0.2, -0.15) is 0 Å². The summed E-state index contributed by atoms with van der Waals surface area (Å²) < 4.78 is 18.6. The minimum Gasteiger partial charge on any atom is -0.465 e. The molecule has 0 N–H and O–H groups in total. The molecule has 0 radical (unpaired) electrons. The van der Waals surface area contributed by atoms with Crippen molar-refractivity contribution in [2.24, 2.45) is 5.41 Å². The smallest absolute Gasteiger partial charge is 0.339 e. The summed E-state index contributed by atoms with van der Waals surface area (Å²) in [6, 6.07) is 0. The van der Waals surface area contributed by atoms with Crippen LogP contribution in [0.3, 0.4) is 0 Å². The van der Waals surface area contributed by atoms with Crippen LogP contribution in [-0.2, 0) is 4.74 Å². The van der Waals surface area contributed by atoms with E-state index in [2.05, 4.69) is 41.6 Å². The van der Waals surface area contributed by atoms with Crippen LogP contribution in [-0.4, -0.2) is 43.4 Å². The van der Waals surface area contributed by atoms with Gasteiger partial charge >= 0.3 is 5.97 Å². The first kappa shape index (κ1) is 20.5. The molecule has 1 unspecified atom stereocenters. The van der Waals surface area contributed by atoms with E-state index in [9.17, 15) is 4.79 Å². The normalized spacial score (nSPS) is 33.4. The predicted molar refractivity (Wildman–Crippen MR) is 116 cm³/mol. The fourth-order valence-corrected chi connectivity index (χ4v) is 6.55. The van der Waals surface area contributed by atoms with Gasteiger partial charge < -0.3 is 19.1 Å². The summed E-state index contributed by atoms with van der Waals surface area (Å²) in [4.78, 5) is 14.7. The molecule has 7 heteroatoms. The van der Waals surface area contributed by atoms with E-state index < -0.39 is 11.8 Å². The molecule has 0 amide bonds. The van der Waals surface area contributed by atoms with Crippen LogP contribution in [0.5, 0.6) is 11.5 Å². The first-order chi connectivity index (χ1) is 13.1. The highest BCUT2D eigenvalue weighted by Crippen LogP contribution is 2.63. The molecule has 3 fully saturated rings. The Hall–Kier alpha value is -0.730. The molecule has 0 saturated heterocycles. The van der Waals surface area contributed by atoms with Gasteiger partial charge in [-0.15, -0.1) is 0 Å². The van der Waals surface area contributed by atoms with Gasteiger partial charge in [0.2, 0.25) is 0 Å². The lowest BCUT2D eigenvalue weighted by atomic mass is 9.54. The van der Waals surface area contributed by atoms with Crippen molar-refractivity contribution in [2.75, 3.05) is 21.2 Å². The first-order valence-corrected chi connectivity index (χ1v) is 11.2. The SMILES string of the molecule is COC(=O)c1c(C)c2c(c(Cl)c1I)OC(C)(C13CCC(N(C)C)(CC1)CC3)O2. The van der Waals surface area contributed by atoms with Crippen molar-refractivity contribution in [2.45, 2.75) is 63.7 Å². The van der Waals surface area contributed by atoms with E-state index >= 15 is 0 Å². The number of fused-ring (bicyclic) bond motifs is 4. The number of nitrogens with zero attached hydrogens (tertiary/aromatic N) is 1. The van der Waals surface area contributed by atoms with Crippen molar-refractivity contribution >= 4 is 40.2 Å². The van der Waals surface area contributed by atoms with Crippen molar-refractivity contribution in [3.05, 3.63) is 19.7 Å². The molecular weight excluding hydrogens is 493 g/mol. The third-order valence-electron chi connectivity index (χ3n) is 7.64. The molecule has 1 heterocycles. The standard InChI is InChI=1S/C21H27ClINO4/c1-12-13(18(25)26-5)15(23)14(22)17-16(12)27-19(2,28-17)20-6-9-21(10-7-20,11-8-20)24(3)4/h6-11H2,1-5H3. The summed E-state index contributed by atoms with van der Waals surface area (Å²) in [7, 11) is 5.76. The van der Waals surface area contributed by atoms with E-state index in [0.29, 0.717) is 31.2 Å². The van der Waals surface area contributed by atoms with Gasteiger partial charge in [-0.05, 0) is 82.1 Å². The van der Waals surface area contributed by atoms with Crippen LogP contribution in [0.15, 0.2) is 0 Å². The highest BCUT2D eigenvalue weighted by molar-refractivity contribution is 14.1. The number of halogens is 2. The van der Waals surface area contributed by atoms with Crippen molar-refractivity contribution < 1.29 is 19.0 Å². The Labute approximate surface area is 185 Å².